The molecule has 158 valence electrons. The number of benzene rings is 2. The molecule has 2 aromatic carbocycles. The molecule has 0 radical (unpaired) electrons. The number of alkyl halides is 3. The van der Waals surface area contributed by atoms with Crippen LogP contribution in [0.5, 0.6) is 11.5 Å². The summed E-state index contributed by atoms with van der Waals surface area (Å²) in [4.78, 5) is 17.3. The second kappa shape index (κ2) is 7.35. The van der Waals surface area contributed by atoms with Crippen molar-refractivity contribution < 1.29 is 22.7 Å². The van der Waals surface area contributed by atoms with Gasteiger partial charge in [-0.2, -0.15) is 18.3 Å². The molecule has 0 spiro atoms. The molecular formula is C22H17F3N4O2. The van der Waals surface area contributed by atoms with E-state index in [1.165, 1.54) is 12.1 Å². The number of ketones is 1. The van der Waals surface area contributed by atoms with Gasteiger partial charge in [-0.15, -0.1) is 0 Å². The molecule has 2 aliphatic heterocycles. The summed E-state index contributed by atoms with van der Waals surface area (Å²) in [6.45, 7) is 0.794. The Bertz CT molecular complexity index is 1170. The SMILES string of the molecule is O=C1CNCC2=Nc3[nH]ncc3C(c3cccc(Oc4ccc(C(F)(F)F)cc4)c3)C12. The molecule has 0 aliphatic carbocycles. The number of fused-ring (bicyclic) bond motifs is 2. The summed E-state index contributed by atoms with van der Waals surface area (Å²) in [6.07, 6.45) is -2.72. The van der Waals surface area contributed by atoms with Crippen molar-refractivity contribution >= 4 is 17.3 Å². The zero-order chi connectivity index (χ0) is 21.6. The smallest absolute Gasteiger partial charge is 0.416 e. The van der Waals surface area contributed by atoms with Crippen molar-refractivity contribution in [2.45, 2.75) is 12.1 Å². The van der Waals surface area contributed by atoms with Crippen LogP contribution in [0.1, 0.15) is 22.6 Å². The van der Waals surface area contributed by atoms with E-state index in [2.05, 4.69) is 20.5 Å². The normalized spacial score (nSPS) is 20.6. The molecule has 1 aromatic heterocycles. The molecule has 2 aliphatic rings. The minimum absolute atomic E-state index is 0.0518. The van der Waals surface area contributed by atoms with Gasteiger partial charge in [0, 0.05) is 23.7 Å². The van der Waals surface area contributed by atoms with Crippen LogP contribution in [0.25, 0.3) is 0 Å². The van der Waals surface area contributed by atoms with E-state index in [-0.39, 0.29) is 24.0 Å². The third kappa shape index (κ3) is 3.61. The number of nitrogens with one attached hydrogen (secondary N) is 2. The molecule has 2 atom stereocenters. The lowest BCUT2D eigenvalue weighted by atomic mass is 9.74. The zero-order valence-electron chi connectivity index (χ0n) is 16.1. The highest BCUT2D eigenvalue weighted by atomic mass is 19.4. The number of ether oxygens (including phenoxy) is 1. The number of Topliss-reactive ketones (excluding diaryl/α,β-unsaturated/α-hetero) is 1. The summed E-state index contributed by atoms with van der Waals surface area (Å²) in [5.41, 5.74) is 1.70. The molecular weight excluding hydrogens is 409 g/mol. The fourth-order valence-electron chi connectivity index (χ4n) is 4.13. The lowest BCUT2D eigenvalue weighted by Crippen LogP contribution is -2.48. The van der Waals surface area contributed by atoms with Gasteiger partial charge in [0.15, 0.2) is 11.6 Å². The van der Waals surface area contributed by atoms with Crippen LogP contribution in [0.3, 0.4) is 0 Å². The van der Waals surface area contributed by atoms with Gasteiger partial charge in [0.2, 0.25) is 0 Å². The lowest BCUT2D eigenvalue weighted by molar-refractivity contribution is -0.137. The van der Waals surface area contributed by atoms with Crippen LogP contribution in [0.4, 0.5) is 19.0 Å². The van der Waals surface area contributed by atoms with E-state index in [1.54, 1.807) is 24.4 Å². The Kier molecular flexibility index (Phi) is 4.62. The molecule has 3 heterocycles. The summed E-state index contributed by atoms with van der Waals surface area (Å²) < 4.78 is 44.1. The Balaban J connectivity index is 1.47. The fraction of sp³-hybridized carbons (Fsp3) is 0.227. The van der Waals surface area contributed by atoms with Gasteiger partial charge in [-0.1, -0.05) is 12.1 Å². The van der Waals surface area contributed by atoms with E-state index in [0.29, 0.717) is 18.1 Å². The number of halogens is 3. The van der Waals surface area contributed by atoms with Crippen LogP contribution in [0.15, 0.2) is 59.7 Å². The number of hydrogen-bond donors (Lipinski definition) is 2. The third-order valence-electron chi connectivity index (χ3n) is 5.52. The number of aliphatic imine (C=N–C) groups is 1. The van der Waals surface area contributed by atoms with Crippen LogP contribution in [0.2, 0.25) is 0 Å². The van der Waals surface area contributed by atoms with Crippen LogP contribution >= 0.6 is 0 Å². The molecule has 3 aromatic rings. The van der Waals surface area contributed by atoms with E-state index in [4.69, 9.17) is 4.74 Å². The van der Waals surface area contributed by atoms with Gasteiger partial charge in [0.1, 0.15) is 11.5 Å². The number of nitrogens with zero attached hydrogens (tertiary/aromatic N) is 2. The predicted octanol–water partition coefficient (Wildman–Crippen LogP) is 4.23. The maximum Gasteiger partial charge on any atom is 0.416 e. The van der Waals surface area contributed by atoms with Crippen LogP contribution in [0, 0.1) is 5.92 Å². The highest BCUT2D eigenvalue weighted by Crippen LogP contribution is 2.43. The first kappa shape index (κ1) is 19.5. The van der Waals surface area contributed by atoms with Gasteiger partial charge in [-0.05, 0) is 42.0 Å². The number of aromatic nitrogens is 2. The Morgan fingerprint density at radius 2 is 1.81 bits per heavy atom. The third-order valence-corrected chi connectivity index (χ3v) is 5.52. The molecule has 0 amide bonds. The van der Waals surface area contributed by atoms with Gasteiger partial charge < -0.3 is 10.1 Å². The van der Waals surface area contributed by atoms with Gasteiger partial charge in [-0.25, -0.2) is 4.99 Å². The summed E-state index contributed by atoms with van der Waals surface area (Å²) in [5, 5.41) is 10.0. The van der Waals surface area contributed by atoms with E-state index in [1.807, 2.05) is 6.07 Å². The van der Waals surface area contributed by atoms with E-state index < -0.39 is 17.7 Å². The van der Waals surface area contributed by atoms with Crippen LogP contribution < -0.4 is 10.1 Å². The maximum atomic E-state index is 12.8. The van der Waals surface area contributed by atoms with E-state index >= 15 is 0 Å². The maximum absolute atomic E-state index is 12.8. The summed E-state index contributed by atoms with van der Waals surface area (Å²) in [6, 6.07) is 11.8. The first-order valence-electron chi connectivity index (χ1n) is 9.69. The highest BCUT2D eigenvalue weighted by Gasteiger charge is 2.41. The molecule has 1 fully saturated rings. The molecule has 6 nitrogen and oxygen atoms in total. The summed E-state index contributed by atoms with van der Waals surface area (Å²) in [7, 11) is 0. The average Bonchev–Trinajstić information content (AvgIpc) is 3.20. The van der Waals surface area contributed by atoms with Gasteiger partial charge in [-0.3, -0.25) is 9.89 Å². The second-order valence-corrected chi connectivity index (χ2v) is 7.50. The van der Waals surface area contributed by atoms with Crippen molar-refractivity contribution in [3.8, 4) is 11.5 Å². The first-order chi connectivity index (χ1) is 14.9. The number of hydrogen-bond acceptors (Lipinski definition) is 5. The largest absolute Gasteiger partial charge is 0.457 e. The molecule has 1 saturated heterocycles. The molecule has 9 heteroatoms. The quantitative estimate of drug-likeness (QED) is 0.657. The van der Waals surface area contributed by atoms with Crippen molar-refractivity contribution in [3.63, 3.8) is 0 Å². The molecule has 0 saturated carbocycles. The lowest BCUT2D eigenvalue weighted by Gasteiger charge is -2.34. The predicted molar refractivity (Wildman–Crippen MR) is 107 cm³/mol. The summed E-state index contributed by atoms with van der Waals surface area (Å²) >= 11 is 0. The van der Waals surface area contributed by atoms with Gasteiger partial charge in [0.25, 0.3) is 0 Å². The first-order valence-corrected chi connectivity index (χ1v) is 9.69. The molecule has 2 unspecified atom stereocenters. The van der Waals surface area contributed by atoms with Crippen molar-refractivity contribution in [1.82, 2.24) is 15.5 Å². The Hall–Kier alpha value is -3.46. The van der Waals surface area contributed by atoms with E-state index in [9.17, 15) is 18.0 Å². The van der Waals surface area contributed by atoms with Crippen LogP contribution in [-0.2, 0) is 11.0 Å². The number of carbonyl (C=O) groups excluding carboxylic acids is 1. The van der Waals surface area contributed by atoms with Crippen molar-refractivity contribution in [3.05, 3.63) is 71.4 Å². The average molecular weight is 426 g/mol. The highest BCUT2D eigenvalue weighted by molar-refractivity contribution is 6.11. The van der Waals surface area contributed by atoms with Crippen molar-refractivity contribution in [1.29, 1.82) is 0 Å². The zero-order valence-corrected chi connectivity index (χ0v) is 16.1. The number of aromatic amines is 1. The number of carbonyl (C=O) groups is 1. The standard InChI is InChI=1S/C22H17F3N4O2/c23-22(24,25)13-4-6-14(7-5-13)31-15-3-1-2-12(8-15)19-16-9-27-29-21(16)28-17-10-26-11-18(30)20(17)19/h1-9,19-20,26H,10-11H2,(H,27,29). The monoisotopic (exact) mass is 426 g/mol. The Morgan fingerprint density at radius 1 is 1.00 bits per heavy atom. The van der Waals surface area contributed by atoms with Crippen molar-refractivity contribution in [2.75, 3.05) is 13.1 Å². The molecule has 0 bridgehead atoms. The number of rotatable bonds is 3. The summed E-state index contributed by atoms with van der Waals surface area (Å²) in [5.74, 6) is 0.767. The van der Waals surface area contributed by atoms with Crippen LogP contribution in [-0.4, -0.2) is 34.8 Å². The minimum atomic E-state index is -4.40. The number of H-pyrrole nitrogens is 1. The van der Waals surface area contributed by atoms with Crippen molar-refractivity contribution in [2.24, 2.45) is 10.9 Å². The number of piperidine rings is 1. The molecule has 2 N–H and O–H groups in total. The topological polar surface area (TPSA) is 79.4 Å². The van der Waals surface area contributed by atoms with Gasteiger partial charge in [0.05, 0.1) is 24.2 Å². The van der Waals surface area contributed by atoms with E-state index in [0.717, 1.165) is 29.0 Å². The van der Waals surface area contributed by atoms with Gasteiger partial charge >= 0.3 is 6.18 Å². The minimum Gasteiger partial charge on any atom is -0.457 e. The Morgan fingerprint density at radius 3 is 2.58 bits per heavy atom. The second-order valence-electron chi connectivity index (χ2n) is 7.50. The molecule has 31 heavy (non-hydrogen) atoms. The Labute approximate surface area is 175 Å². The fourth-order valence-corrected chi connectivity index (χ4v) is 4.13. The molecule has 5 rings (SSSR count).